The first-order valence-electron chi connectivity index (χ1n) is 4.71. The second kappa shape index (κ2) is 2.97. The summed E-state index contributed by atoms with van der Waals surface area (Å²) in [7, 11) is 0. The van der Waals surface area contributed by atoms with Gasteiger partial charge in [-0.25, -0.2) is 4.98 Å². The van der Waals surface area contributed by atoms with Crippen LogP contribution in [0.25, 0.3) is 5.65 Å². The third-order valence-corrected chi connectivity index (χ3v) is 2.52. The molecule has 0 spiro atoms. The maximum Gasteiger partial charge on any atom is 0.274 e. The lowest BCUT2D eigenvalue weighted by Crippen LogP contribution is -2.17. The van der Waals surface area contributed by atoms with Crippen LogP contribution in [0.4, 0.5) is 0 Å². The van der Waals surface area contributed by atoms with Crippen molar-refractivity contribution in [1.29, 1.82) is 0 Å². The van der Waals surface area contributed by atoms with Gasteiger partial charge in [0.05, 0.1) is 0 Å². The van der Waals surface area contributed by atoms with Crippen LogP contribution in [0.5, 0.6) is 0 Å². The number of H-pyrrole nitrogens is 1. The summed E-state index contributed by atoms with van der Waals surface area (Å²) >= 11 is 0. The maximum atomic E-state index is 11.8. The Kier molecular flexibility index (Phi) is 1.91. The summed E-state index contributed by atoms with van der Waals surface area (Å²) in [6.45, 7) is 5.76. The molecule has 2 heterocycles. The van der Waals surface area contributed by atoms with Crippen LogP contribution >= 0.6 is 0 Å². The summed E-state index contributed by atoms with van der Waals surface area (Å²) in [5, 5.41) is 2.97. The van der Waals surface area contributed by atoms with Crippen molar-refractivity contribution in [1.82, 2.24) is 14.6 Å². The van der Waals surface area contributed by atoms with Crippen LogP contribution in [0, 0.1) is 13.8 Å². The van der Waals surface area contributed by atoms with Gasteiger partial charge in [0.2, 0.25) is 0 Å². The molecule has 0 aliphatic heterocycles. The van der Waals surface area contributed by atoms with Gasteiger partial charge in [-0.05, 0) is 25.5 Å². The van der Waals surface area contributed by atoms with Crippen LogP contribution in [-0.2, 0) is 6.42 Å². The van der Waals surface area contributed by atoms with Gasteiger partial charge in [0.15, 0.2) is 5.65 Å². The molecule has 0 aliphatic rings. The highest BCUT2D eigenvalue weighted by atomic mass is 16.1. The van der Waals surface area contributed by atoms with Crippen molar-refractivity contribution in [2.45, 2.75) is 27.2 Å². The number of rotatable bonds is 1. The van der Waals surface area contributed by atoms with Gasteiger partial charge in [-0.2, -0.15) is 4.52 Å². The lowest BCUT2D eigenvalue weighted by atomic mass is 10.2. The molecule has 2 aromatic rings. The number of hydrogen-bond acceptors (Lipinski definition) is 2. The molecule has 2 rings (SSSR count). The van der Waals surface area contributed by atoms with Crippen LogP contribution in [0.2, 0.25) is 0 Å². The topological polar surface area (TPSA) is 50.2 Å². The number of hydrogen-bond donors (Lipinski definition) is 1. The van der Waals surface area contributed by atoms with E-state index < -0.39 is 0 Å². The Bertz CT molecular complexity index is 536. The SMILES string of the molecule is CCc1nc2cc(C)c(C)c(=O)n2[nH]1. The van der Waals surface area contributed by atoms with E-state index in [0.717, 1.165) is 23.4 Å². The number of pyridine rings is 1. The van der Waals surface area contributed by atoms with Crippen molar-refractivity contribution in [2.75, 3.05) is 0 Å². The summed E-state index contributed by atoms with van der Waals surface area (Å²) in [5.41, 5.74) is 2.46. The second-order valence-corrected chi connectivity index (χ2v) is 3.47. The van der Waals surface area contributed by atoms with Crippen LogP contribution in [0.3, 0.4) is 0 Å². The summed E-state index contributed by atoms with van der Waals surface area (Å²) in [6.07, 6.45) is 0.805. The summed E-state index contributed by atoms with van der Waals surface area (Å²) in [5.74, 6) is 0.840. The van der Waals surface area contributed by atoms with Gasteiger partial charge in [0.1, 0.15) is 5.82 Å². The molecule has 14 heavy (non-hydrogen) atoms. The predicted octanol–water partition coefficient (Wildman–Crippen LogP) is 1.20. The first-order chi connectivity index (χ1) is 6.63. The molecule has 1 N–H and O–H groups in total. The van der Waals surface area contributed by atoms with Crippen molar-refractivity contribution < 1.29 is 0 Å². The smallest absolute Gasteiger partial charge is 0.274 e. The Labute approximate surface area is 81.6 Å². The Morgan fingerprint density at radius 2 is 2.21 bits per heavy atom. The molecule has 0 amide bonds. The molecule has 0 saturated carbocycles. The van der Waals surface area contributed by atoms with E-state index in [0.29, 0.717) is 5.65 Å². The van der Waals surface area contributed by atoms with Gasteiger partial charge in [-0.15, -0.1) is 0 Å². The Balaban J connectivity index is 2.88. The van der Waals surface area contributed by atoms with Crippen molar-refractivity contribution >= 4 is 5.65 Å². The van der Waals surface area contributed by atoms with Crippen molar-refractivity contribution in [2.24, 2.45) is 0 Å². The normalized spacial score (nSPS) is 11.1. The lowest BCUT2D eigenvalue weighted by molar-refractivity contribution is 0.853. The average Bonchev–Trinajstić information content (AvgIpc) is 2.57. The predicted molar refractivity (Wildman–Crippen MR) is 54.7 cm³/mol. The molecule has 0 fully saturated rings. The Hall–Kier alpha value is -1.58. The van der Waals surface area contributed by atoms with E-state index in [1.807, 2.05) is 26.8 Å². The number of nitrogens with zero attached hydrogens (tertiary/aromatic N) is 2. The summed E-state index contributed by atoms with van der Waals surface area (Å²) < 4.78 is 1.50. The number of fused-ring (bicyclic) bond motifs is 1. The summed E-state index contributed by atoms with van der Waals surface area (Å²) in [4.78, 5) is 16.1. The molecule has 2 aromatic heterocycles. The molecular formula is C10H13N3O. The molecule has 0 bridgehead atoms. The zero-order valence-corrected chi connectivity index (χ0v) is 8.59. The molecule has 4 nitrogen and oxygen atoms in total. The van der Waals surface area contributed by atoms with E-state index in [9.17, 15) is 4.79 Å². The van der Waals surface area contributed by atoms with Gasteiger partial charge in [-0.1, -0.05) is 6.92 Å². The molecule has 0 saturated heterocycles. The standard InChI is InChI=1S/C10H13N3O/c1-4-8-11-9-5-6(2)7(3)10(14)13(9)12-8/h5H,4H2,1-3H3,(H,11,12). The monoisotopic (exact) mass is 191 g/mol. The quantitative estimate of drug-likeness (QED) is 0.736. The van der Waals surface area contributed by atoms with Crippen LogP contribution < -0.4 is 5.56 Å². The largest absolute Gasteiger partial charge is 0.276 e. The van der Waals surface area contributed by atoms with Crippen molar-refractivity contribution in [3.05, 3.63) is 33.4 Å². The molecule has 0 atom stereocenters. The van der Waals surface area contributed by atoms with Gasteiger partial charge >= 0.3 is 0 Å². The number of nitrogens with one attached hydrogen (secondary N) is 1. The highest BCUT2D eigenvalue weighted by Crippen LogP contribution is 2.05. The fourth-order valence-electron chi connectivity index (χ4n) is 1.45. The van der Waals surface area contributed by atoms with Gasteiger partial charge in [-0.3, -0.25) is 9.89 Å². The molecule has 0 unspecified atom stereocenters. The van der Waals surface area contributed by atoms with E-state index >= 15 is 0 Å². The van der Waals surface area contributed by atoms with Crippen LogP contribution in [0.15, 0.2) is 10.9 Å². The van der Waals surface area contributed by atoms with Crippen molar-refractivity contribution in [3.63, 3.8) is 0 Å². The Morgan fingerprint density at radius 3 is 2.86 bits per heavy atom. The molecule has 0 aliphatic carbocycles. The molecule has 0 radical (unpaired) electrons. The lowest BCUT2D eigenvalue weighted by Gasteiger charge is -1.98. The third kappa shape index (κ3) is 1.14. The molecular weight excluding hydrogens is 178 g/mol. The second-order valence-electron chi connectivity index (χ2n) is 3.47. The minimum atomic E-state index is -0.00722. The molecule has 4 heteroatoms. The van der Waals surface area contributed by atoms with Gasteiger partial charge in [0.25, 0.3) is 5.56 Å². The first-order valence-corrected chi connectivity index (χ1v) is 4.71. The third-order valence-electron chi connectivity index (χ3n) is 2.52. The number of aromatic amines is 1. The summed E-state index contributed by atoms with van der Waals surface area (Å²) in [6, 6.07) is 1.92. The first kappa shape index (κ1) is 8.99. The van der Waals surface area contributed by atoms with Crippen LogP contribution in [-0.4, -0.2) is 14.6 Å². The highest BCUT2D eigenvalue weighted by molar-refractivity contribution is 5.43. The van der Waals surface area contributed by atoms with E-state index in [4.69, 9.17) is 0 Å². The van der Waals surface area contributed by atoms with E-state index in [2.05, 4.69) is 10.1 Å². The average molecular weight is 191 g/mol. The minimum absolute atomic E-state index is 0.00722. The maximum absolute atomic E-state index is 11.8. The Morgan fingerprint density at radius 1 is 1.50 bits per heavy atom. The van der Waals surface area contributed by atoms with E-state index in [1.165, 1.54) is 4.52 Å². The van der Waals surface area contributed by atoms with Crippen LogP contribution in [0.1, 0.15) is 23.9 Å². The zero-order valence-electron chi connectivity index (χ0n) is 8.59. The molecule has 74 valence electrons. The minimum Gasteiger partial charge on any atom is -0.276 e. The number of aromatic nitrogens is 3. The van der Waals surface area contributed by atoms with Gasteiger partial charge < -0.3 is 0 Å². The zero-order chi connectivity index (χ0) is 10.3. The number of aryl methyl sites for hydroxylation is 2. The highest BCUT2D eigenvalue weighted by Gasteiger charge is 2.06. The van der Waals surface area contributed by atoms with Crippen molar-refractivity contribution in [3.8, 4) is 0 Å². The van der Waals surface area contributed by atoms with E-state index in [1.54, 1.807) is 0 Å². The molecule has 0 aromatic carbocycles. The fraction of sp³-hybridized carbons (Fsp3) is 0.400. The fourth-order valence-corrected chi connectivity index (χ4v) is 1.45. The van der Waals surface area contributed by atoms with E-state index in [-0.39, 0.29) is 5.56 Å². The van der Waals surface area contributed by atoms with Gasteiger partial charge in [0, 0.05) is 12.0 Å².